The molecule has 1 heterocycles. The maximum Gasteiger partial charge on any atom is 1.00 e. The average Bonchev–Trinajstić information content (AvgIpc) is 2.72. The second kappa shape index (κ2) is 10.6. The second-order valence-corrected chi connectivity index (χ2v) is 6.09. The van der Waals surface area contributed by atoms with Crippen molar-refractivity contribution in [1.29, 1.82) is 5.26 Å². The van der Waals surface area contributed by atoms with E-state index in [-0.39, 0.29) is 40.9 Å². The van der Waals surface area contributed by atoms with E-state index in [1.54, 1.807) is 49.6 Å². The molecule has 0 radical (unpaired) electrons. The fraction of sp³-hybridized carbons (Fsp3) is 0.136. The van der Waals surface area contributed by atoms with Gasteiger partial charge in [-0.15, -0.1) is 0 Å². The van der Waals surface area contributed by atoms with E-state index in [9.17, 15) is 15.2 Å². The van der Waals surface area contributed by atoms with Crippen LogP contribution in [0.5, 0.6) is 11.5 Å². The summed E-state index contributed by atoms with van der Waals surface area (Å²) in [5, 5.41) is 21.0. The summed E-state index contributed by atoms with van der Waals surface area (Å²) in [6.45, 7) is 2.09. The maximum atomic E-state index is 11.7. The van der Waals surface area contributed by atoms with Crippen LogP contribution in [0.2, 0.25) is 0 Å². The van der Waals surface area contributed by atoms with Crippen molar-refractivity contribution in [1.82, 2.24) is 4.98 Å². The van der Waals surface area contributed by atoms with Gasteiger partial charge in [0, 0.05) is 24.0 Å². The van der Waals surface area contributed by atoms with Crippen molar-refractivity contribution in [3.8, 4) is 17.6 Å². The number of hydrogen-bond acceptors (Lipinski definition) is 6. The molecule has 0 aliphatic rings. The predicted molar refractivity (Wildman–Crippen MR) is 99.3 cm³/mol. The molecular formula is C22H17N2NaO4. The first-order valence-corrected chi connectivity index (χ1v) is 8.57. The molecule has 0 aliphatic carbocycles. The molecule has 1 unspecified atom stereocenters. The first kappa shape index (κ1) is 22.4. The Kier molecular flexibility index (Phi) is 8.22. The van der Waals surface area contributed by atoms with E-state index >= 15 is 0 Å². The number of benzene rings is 2. The molecule has 0 saturated heterocycles. The number of aliphatic carboxylic acids is 1. The van der Waals surface area contributed by atoms with Crippen molar-refractivity contribution in [2.45, 2.75) is 19.6 Å². The minimum atomic E-state index is -1.39. The summed E-state index contributed by atoms with van der Waals surface area (Å²) < 4.78 is 11.4. The zero-order chi connectivity index (χ0) is 19.9. The molecule has 140 valence electrons. The van der Waals surface area contributed by atoms with Crippen molar-refractivity contribution in [2.24, 2.45) is 0 Å². The van der Waals surface area contributed by atoms with Crippen LogP contribution in [0.25, 0.3) is 0 Å². The third-order valence-electron chi connectivity index (χ3n) is 4.16. The summed E-state index contributed by atoms with van der Waals surface area (Å²) >= 11 is 0. The van der Waals surface area contributed by atoms with E-state index in [1.165, 1.54) is 12.1 Å². The van der Waals surface area contributed by atoms with Gasteiger partial charge in [-0.2, -0.15) is 5.26 Å². The molecule has 3 rings (SSSR count). The fourth-order valence-electron chi connectivity index (χ4n) is 2.67. The number of nitrogens with zero attached hydrogens (tertiary/aromatic N) is 2. The minimum absolute atomic E-state index is 0. The van der Waals surface area contributed by atoms with Crippen LogP contribution in [-0.4, -0.2) is 11.0 Å². The number of pyridine rings is 1. The van der Waals surface area contributed by atoms with Gasteiger partial charge in [-0.05, 0) is 42.3 Å². The Hall–Kier alpha value is -2.85. The van der Waals surface area contributed by atoms with Gasteiger partial charge in [-0.25, -0.2) is 0 Å². The van der Waals surface area contributed by atoms with Crippen LogP contribution in [0.3, 0.4) is 0 Å². The topological polar surface area (TPSA) is 95.3 Å². The van der Waals surface area contributed by atoms with E-state index in [4.69, 9.17) is 9.47 Å². The van der Waals surface area contributed by atoms with Gasteiger partial charge in [0.15, 0.2) is 6.10 Å². The molecule has 6 nitrogen and oxygen atoms in total. The van der Waals surface area contributed by atoms with Crippen molar-refractivity contribution >= 4 is 5.97 Å². The Morgan fingerprint density at radius 2 is 1.90 bits per heavy atom. The Balaban J connectivity index is 0.00000300. The Morgan fingerprint density at radius 1 is 1.17 bits per heavy atom. The smallest absolute Gasteiger partial charge is 0.546 e. The summed E-state index contributed by atoms with van der Waals surface area (Å²) in [4.78, 5) is 15.6. The van der Waals surface area contributed by atoms with E-state index in [0.29, 0.717) is 17.9 Å². The number of rotatable bonds is 7. The minimum Gasteiger partial charge on any atom is -0.546 e. The van der Waals surface area contributed by atoms with Gasteiger partial charge in [0.05, 0.1) is 11.5 Å². The number of hydrogen-bond donors (Lipinski definition) is 0. The fourth-order valence-corrected chi connectivity index (χ4v) is 2.67. The molecule has 0 fully saturated rings. The zero-order valence-electron chi connectivity index (χ0n) is 16.2. The largest absolute Gasteiger partial charge is 1.00 e. The van der Waals surface area contributed by atoms with Crippen LogP contribution in [0, 0.1) is 18.3 Å². The van der Waals surface area contributed by atoms with Gasteiger partial charge in [0.2, 0.25) is 0 Å². The van der Waals surface area contributed by atoms with Crippen LogP contribution in [-0.2, 0) is 11.4 Å². The Morgan fingerprint density at radius 3 is 2.55 bits per heavy atom. The molecular weight excluding hydrogens is 379 g/mol. The molecule has 2 aromatic carbocycles. The van der Waals surface area contributed by atoms with Gasteiger partial charge in [-0.3, -0.25) is 4.98 Å². The third-order valence-corrected chi connectivity index (χ3v) is 4.16. The van der Waals surface area contributed by atoms with Gasteiger partial charge >= 0.3 is 29.6 Å². The quantitative estimate of drug-likeness (QED) is 0.510. The van der Waals surface area contributed by atoms with E-state index < -0.39 is 12.1 Å². The molecule has 0 spiro atoms. The monoisotopic (exact) mass is 396 g/mol. The molecule has 1 aromatic heterocycles. The standard InChI is InChI=1S/C22H18N2O4.Na/c1-15-4-2-3-5-19(15)21(22(25)26)28-20-12-18(7-6-17(20)13-23)27-14-16-8-10-24-11-9-16;/h2-12,21H,14H2,1H3,(H,25,26);/q;+1/p-1. The molecule has 3 aromatic rings. The number of nitriles is 1. The SMILES string of the molecule is Cc1ccccc1C(Oc1cc(OCc2ccncc2)ccc1C#N)C(=O)[O-].[Na+]. The molecule has 0 aliphatic heterocycles. The summed E-state index contributed by atoms with van der Waals surface area (Å²) in [5.41, 5.74) is 2.35. The Bertz CT molecular complexity index is 1020. The number of carbonyl (C=O) groups is 1. The number of ether oxygens (including phenoxy) is 2. The zero-order valence-corrected chi connectivity index (χ0v) is 18.2. The molecule has 0 N–H and O–H groups in total. The van der Waals surface area contributed by atoms with E-state index in [2.05, 4.69) is 4.98 Å². The molecule has 0 bridgehead atoms. The summed E-state index contributed by atoms with van der Waals surface area (Å²) in [6.07, 6.45) is 1.99. The van der Waals surface area contributed by atoms with E-state index in [0.717, 1.165) is 11.1 Å². The Labute approximate surface area is 191 Å². The number of carboxylic acid groups (broad SMARTS) is 1. The number of carbonyl (C=O) groups excluding carboxylic acids is 1. The van der Waals surface area contributed by atoms with Crippen molar-refractivity contribution < 1.29 is 48.9 Å². The van der Waals surface area contributed by atoms with Gasteiger partial charge in [-0.1, -0.05) is 24.3 Å². The van der Waals surface area contributed by atoms with E-state index in [1.807, 2.05) is 18.2 Å². The summed E-state index contributed by atoms with van der Waals surface area (Å²) in [7, 11) is 0. The molecule has 0 amide bonds. The number of carboxylic acids is 1. The maximum absolute atomic E-state index is 11.7. The summed E-state index contributed by atoms with van der Waals surface area (Å²) in [5.74, 6) is -0.818. The normalized spacial score (nSPS) is 10.9. The first-order valence-electron chi connectivity index (χ1n) is 8.57. The van der Waals surface area contributed by atoms with Crippen molar-refractivity contribution in [2.75, 3.05) is 0 Å². The predicted octanol–water partition coefficient (Wildman–Crippen LogP) is -0.285. The van der Waals surface area contributed by atoms with Crippen LogP contribution >= 0.6 is 0 Å². The van der Waals surface area contributed by atoms with Gasteiger partial charge < -0.3 is 19.4 Å². The van der Waals surface area contributed by atoms with Crippen molar-refractivity contribution in [3.63, 3.8) is 0 Å². The molecule has 0 saturated carbocycles. The van der Waals surface area contributed by atoms with Crippen LogP contribution in [0.4, 0.5) is 0 Å². The number of aromatic nitrogens is 1. The summed E-state index contributed by atoms with van der Waals surface area (Å²) in [6, 6.07) is 17.3. The van der Waals surface area contributed by atoms with Gasteiger partial charge in [0.25, 0.3) is 0 Å². The molecule has 7 heteroatoms. The van der Waals surface area contributed by atoms with Crippen LogP contribution in [0.15, 0.2) is 67.0 Å². The number of aryl methyl sites for hydroxylation is 1. The first-order chi connectivity index (χ1) is 13.6. The van der Waals surface area contributed by atoms with Gasteiger partial charge in [0.1, 0.15) is 24.2 Å². The van der Waals surface area contributed by atoms with Crippen molar-refractivity contribution in [3.05, 3.63) is 89.2 Å². The third kappa shape index (κ3) is 5.81. The van der Waals surface area contributed by atoms with Crippen LogP contribution < -0.4 is 44.1 Å². The molecule has 1 atom stereocenters. The molecule has 29 heavy (non-hydrogen) atoms. The second-order valence-electron chi connectivity index (χ2n) is 6.09. The van der Waals surface area contributed by atoms with Crippen LogP contribution in [0.1, 0.15) is 28.4 Å². The average molecular weight is 396 g/mol.